The van der Waals surface area contributed by atoms with Crippen LogP contribution in [0.3, 0.4) is 0 Å². The predicted octanol–water partition coefficient (Wildman–Crippen LogP) is 5.97. The molecule has 3 nitrogen and oxygen atoms in total. The van der Waals surface area contributed by atoms with Crippen molar-refractivity contribution in [2.45, 2.75) is 17.0 Å². The van der Waals surface area contributed by atoms with Crippen LogP contribution in [0.15, 0.2) is 88.9 Å². The third-order valence-electron chi connectivity index (χ3n) is 5.27. The normalized spacial score (nSPS) is 17.3. The van der Waals surface area contributed by atoms with Gasteiger partial charge < -0.3 is 4.55 Å². The average Bonchev–Trinajstić information content (AvgIpc) is 3.22. The van der Waals surface area contributed by atoms with E-state index in [1.807, 2.05) is 59.6 Å². The predicted molar refractivity (Wildman–Crippen MR) is 121 cm³/mol. The van der Waals surface area contributed by atoms with Gasteiger partial charge in [0.05, 0.1) is 17.8 Å². The standard InChI is InChI=1S/C24H20ClF3N2OS/c25-20-11-9-18(10-12-20)23-22(17-5-2-1-3-6-17)16-30(29-23)13-14-32(31)21-8-4-7-19(15-21)24(26,27)28/h1-12,15,22H,13-14,16H2. The highest BCUT2D eigenvalue weighted by Crippen LogP contribution is 2.32. The Morgan fingerprint density at radius 2 is 1.72 bits per heavy atom. The summed E-state index contributed by atoms with van der Waals surface area (Å²) in [6.07, 6.45) is -4.46. The number of benzene rings is 3. The fraction of sp³-hybridized carbons (Fsp3) is 0.208. The zero-order valence-electron chi connectivity index (χ0n) is 16.9. The molecule has 0 N–H and O–H groups in total. The molecule has 3 aromatic rings. The first kappa shape index (κ1) is 22.7. The largest absolute Gasteiger partial charge is 0.611 e. The van der Waals surface area contributed by atoms with Gasteiger partial charge in [0.2, 0.25) is 0 Å². The van der Waals surface area contributed by atoms with Gasteiger partial charge >= 0.3 is 6.18 Å². The Bertz CT molecular complexity index is 1090. The van der Waals surface area contributed by atoms with Gasteiger partial charge in [-0.1, -0.05) is 60.1 Å². The molecule has 3 aromatic carbocycles. The van der Waals surface area contributed by atoms with Crippen LogP contribution in [0.1, 0.15) is 22.6 Å². The van der Waals surface area contributed by atoms with Crippen LogP contribution >= 0.6 is 11.6 Å². The minimum atomic E-state index is -4.46. The summed E-state index contributed by atoms with van der Waals surface area (Å²) in [5.74, 6) is 0.208. The number of alkyl halides is 3. The highest BCUT2D eigenvalue weighted by Gasteiger charge is 2.32. The number of hydrogen-bond donors (Lipinski definition) is 0. The van der Waals surface area contributed by atoms with E-state index in [9.17, 15) is 17.7 Å². The maximum absolute atomic E-state index is 13.0. The lowest BCUT2D eigenvalue weighted by Gasteiger charge is -2.18. The minimum Gasteiger partial charge on any atom is -0.611 e. The smallest absolute Gasteiger partial charge is 0.416 e. The number of halogens is 4. The van der Waals surface area contributed by atoms with Gasteiger partial charge in [-0.15, -0.1) is 0 Å². The molecule has 2 atom stereocenters. The fourth-order valence-corrected chi connectivity index (χ4v) is 4.88. The Labute approximate surface area is 192 Å². The Balaban J connectivity index is 1.51. The molecule has 0 bridgehead atoms. The fourth-order valence-electron chi connectivity index (χ4n) is 3.65. The molecule has 1 aliphatic rings. The molecule has 2 unspecified atom stereocenters. The van der Waals surface area contributed by atoms with Gasteiger partial charge in [0.1, 0.15) is 5.75 Å². The molecule has 0 aliphatic carbocycles. The molecule has 0 aromatic heterocycles. The van der Waals surface area contributed by atoms with Gasteiger partial charge in [-0.2, -0.15) is 18.3 Å². The number of hydrogen-bond acceptors (Lipinski definition) is 3. The molecule has 0 saturated heterocycles. The SMILES string of the molecule is [O-][S+](CCN1CC(c2ccccc2)C(c2ccc(Cl)cc2)=N1)c1cccc(C(F)(F)F)c1. The first-order valence-corrected chi connectivity index (χ1v) is 11.7. The quantitative estimate of drug-likeness (QED) is 0.411. The molecule has 0 amide bonds. The molecule has 1 aliphatic heterocycles. The second-order valence-electron chi connectivity index (χ2n) is 7.44. The topological polar surface area (TPSA) is 38.7 Å². The van der Waals surface area contributed by atoms with E-state index in [4.69, 9.17) is 16.7 Å². The summed E-state index contributed by atoms with van der Waals surface area (Å²) in [7, 11) is 0. The van der Waals surface area contributed by atoms with Crippen LogP contribution in [0.2, 0.25) is 5.02 Å². The lowest BCUT2D eigenvalue weighted by molar-refractivity contribution is -0.137. The van der Waals surface area contributed by atoms with Crippen LogP contribution in [0.4, 0.5) is 13.2 Å². The van der Waals surface area contributed by atoms with E-state index in [-0.39, 0.29) is 16.6 Å². The molecule has 0 radical (unpaired) electrons. The van der Waals surface area contributed by atoms with Gasteiger partial charge in [0.25, 0.3) is 0 Å². The van der Waals surface area contributed by atoms with E-state index < -0.39 is 22.9 Å². The van der Waals surface area contributed by atoms with Crippen molar-refractivity contribution in [1.29, 1.82) is 0 Å². The van der Waals surface area contributed by atoms with E-state index in [0.29, 0.717) is 18.1 Å². The van der Waals surface area contributed by atoms with Crippen LogP contribution < -0.4 is 0 Å². The van der Waals surface area contributed by atoms with E-state index >= 15 is 0 Å². The van der Waals surface area contributed by atoms with Gasteiger partial charge in [-0.05, 0) is 46.6 Å². The van der Waals surface area contributed by atoms with Gasteiger partial charge in [0, 0.05) is 23.6 Å². The van der Waals surface area contributed by atoms with Crippen LogP contribution in [0.25, 0.3) is 0 Å². The van der Waals surface area contributed by atoms with Crippen LogP contribution in [-0.2, 0) is 17.4 Å². The number of hydrazone groups is 1. The van der Waals surface area contributed by atoms with Crippen molar-refractivity contribution in [3.05, 3.63) is 101 Å². The summed E-state index contributed by atoms with van der Waals surface area (Å²) in [5, 5.41) is 7.24. The highest BCUT2D eigenvalue weighted by atomic mass is 35.5. The highest BCUT2D eigenvalue weighted by molar-refractivity contribution is 7.91. The molecule has 1 heterocycles. The van der Waals surface area contributed by atoms with Gasteiger partial charge in [-0.25, -0.2) is 0 Å². The molecule has 0 fully saturated rings. The van der Waals surface area contributed by atoms with Crippen molar-refractivity contribution < 1.29 is 17.7 Å². The van der Waals surface area contributed by atoms with Crippen molar-refractivity contribution in [2.75, 3.05) is 18.8 Å². The van der Waals surface area contributed by atoms with Crippen molar-refractivity contribution >= 4 is 28.5 Å². The maximum atomic E-state index is 13.0. The van der Waals surface area contributed by atoms with E-state index in [1.54, 1.807) is 0 Å². The van der Waals surface area contributed by atoms with Gasteiger partial charge in [0.15, 0.2) is 4.90 Å². The monoisotopic (exact) mass is 476 g/mol. The summed E-state index contributed by atoms with van der Waals surface area (Å²) < 4.78 is 51.6. The molecule has 4 rings (SSSR count). The van der Waals surface area contributed by atoms with Crippen molar-refractivity contribution in [1.82, 2.24) is 5.01 Å². The molecular weight excluding hydrogens is 457 g/mol. The average molecular weight is 477 g/mol. The van der Waals surface area contributed by atoms with Crippen LogP contribution in [-0.4, -0.2) is 34.1 Å². The Kier molecular flexibility index (Phi) is 6.79. The molecule has 0 spiro atoms. The summed E-state index contributed by atoms with van der Waals surface area (Å²) in [6, 6.07) is 22.1. The van der Waals surface area contributed by atoms with E-state index in [2.05, 4.69) is 0 Å². The maximum Gasteiger partial charge on any atom is 0.416 e. The first-order valence-electron chi connectivity index (χ1n) is 10.0. The molecular formula is C24H20ClF3N2OS. The van der Waals surface area contributed by atoms with E-state index in [1.165, 1.54) is 12.1 Å². The van der Waals surface area contributed by atoms with Crippen molar-refractivity contribution in [2.24, 2.45) is 5.10 Å². The third-order valence-corrected chi connectivity index (χ3v) is 6.86. The molecule has 166 valence electrons. The summed E-state index contributed by atoms with van der Waals surface area (Å²) in [6.45, 7) is 0.963. The molecule has 32 heavy (non-hydrogen) atoms. The van der Waals surface area contributed by atoms with Crippen LogP contribution in [0, 0.1) is 0 Å². The Hall–Kier alpha value is -2.48. The third kappa shape index (κ3) is 5.28. The Morgan fingerprint density at radius 1 is 1.00 bits per heavy atom. The summed E-state index contributed by atoms with van der Waals surface area (Å²) in [4.78, 5) is 0.167. The Morgan fingerprint density at radius 3 is 2.41 bits per heavy atom. The summed E-state index contributed by atoms with van der Waals surface area (Å²) >= 11 is 4.46. The first-order chi connectivity index (χ1) is 15.3. The van der Waals surface area contributed by atoms with Crippen molar-refractivity contribution in [3.63, 3.8) is 0 Å². The number of nitrogens with zero attached hydrogens (tertiary/aromatic N) is 2. The van der Waals surface area contributed by atoms with Crippen molar-refractivity contribution in [3.8, 4) is 0 Å². The zero-order chi connectivity index (χ0) is 22.7. The molecule has 8 heteroatoms. The zero-order valence-corrected chi connectivity index (χ0v) is 18.5. The van der Waals surface area contributed by atoms with Crippen LogP contribution in [0.5, 0.6) is 0 Å². The minimum absolute atomic E-state index is 0.0272. The summed E-state index contributed by atoms with van der Waals surface area (Å²) in [5.41, 5.74) is 2.15. The van der Waals surface area contributed by atoms with Gasteiger partial charge in [-0.3, -0.25) is 5.01 Å². The van der Waals surface area contributed by atoms with E-state index in [0.717, 1.165) is 29.0 Å². The second kappa shape index (κ2) is 9.57. The number of rotatable bonds is 6. The molecule has 0 saturated carbocycles. The second-order valence-corrected chi connectivity index (χ2v) is 9.45. The lowest BCUT2D eigenvalue weighted by atomic mass is 9.91. The lowest BCUT2D eigenvalue weighted by Crippen LogP contribution is -2.25.